The first-order chi connectivity index (χ1) is 24.8. The van der Waals surface area contributed by atoms with Crippen molar-refractivity contribution < 1.29 is 4.74 Å². The largest absolute Gasteiger partial charge is 0.457 e. The van der Waals surface area contributed by atoms with Crippen molar-refractivity contribution in [1.82, 2.24) is 27.9 Å². The molecule has 51 heavy (non-hydrogen) atoms. The van der Waals surface area contributed by atoms with E-state index in [0.717, 1.165) is 78.6 Å². The van der Waals surface area contributed by atoms with Crippen LogP contribution in [0.25, 0.3) is 67.1 Å². The molecule has 0 unspecified atom stereocenters. The van der Waals surface area contributed by atoms with Gasteiger partial charge in [0, 0.05) is 11.8 Å². The minimum absolute atomic E-state index is 0.142. The molecule has 1 aliphatic rings. The lowest BCUT2D eigenvalue weighted by molar-refractivity contribution is 0.476. The van der Waals surface area contributed by atoms with Crippen LogP contribution < -0.4 is 9.92 Å². The van der Waals surface area contributed by atoms with Crippen molar-refractivity contribution in [2.45, 2.75) is 32.0 Å². The fraction of sp³-hybridized carbons (Fsp3) is 0.116. The van der Waals surface area contributed by atoms with E-state index in [4.69, 9.17) is 14.7 Å². The molecule has 246 valence electrons. The third-order valence-corrected chi connectivity index (χ3v) is 16.9. The van der Waals surface area contributed by atoms with Crippen LogP contribution in [0.1, 0.15) is 19.4 Å². The summed E-state index contributed by atoms with van der Waals surface area (Å²) in [4.78, 5) is 10.3. The highest BCUT2D eigenvalue weighted by Gasteiger charge is 2.47. The van der Waals surface area contributed by atoms with Gasteiger partial charge in [-0.2, -0.15) is 0 Å². The van der Waals surface area contributed by atoms with Crippen LogP contribution >= 0.6 is 0 Å². The maximum Gasteiger partial charge on any atom is 0.220 e. The highest BCUT2D eigenvalue weighted by molar-refractivity contribution is 6.92. The third-order valence-electron chi connectivity index (χ3n) is 11.8. The van der Waals surface area contributed by atoms with Crippen LogP contribution in [0.5, 0.6) is 11.5 Å². The molecule has 4 aromatic heterocycles. The number of aromatic nitrogens is 6. The Hall–Kier alpha value is -6.12. The van der Waals surface area contributed by atoms with E-state index >= 15 is 0 Å². The van der Waals surface area contributed by atoms with Crippen molar-refractivity contribution in [1.29, 1.82) is 0 Å². The molecule has 0 spiro atoms. The molecule has 0 saturated carbocycles. The van der Waals surface area contributed by atoms with Crippen LogP contribution in [-0.4, -0.2) is 36.0 Å². The maximum atomic E-state index is 7.05. The van der Waals surface area contributed by atoms with E-state index < -0.39 is 8.07 Å². The first-order valence-electron chi connectivity index (χ1n) is 17.5. The minimum atomic E-state index is -2.23. The highest BCUT2D eigenvalue weighted by atomic mass is 28.3. The first kappa shape index (κ1) is 28.7. The lowest BCUT2D eigenvalue weighted by Gasteiger charge is -2.39. The molecule has 0 aliphatic carbocycles. The van der Waals surface area contributed by atoms with Gasteiger partial charge in [0.1, 0.15) is 11.5 Å². The summed E-state index contributed by atoms with van der Waals surface area (Å²) in [7, 11) is -2.23. The van der Waals surface area contributed by atoms with Gasteiger partial charge in [0.05, 0.1) is 57.9 Å². The SMILES string of the molecule is CC1(C)c2ccc(-n3c4ccccc4n4c5ccccc5nc34)cc2Oc2ccc(-n3c4ccccc4n4c5ccccc5nc34)cc2[Si]1(C)C. The average molecular weight is 679 g/mol. The van der Waals surface area contributed by atoms with E-state index in [2.05, 4.69) is 172 Å². The van der Waals surface area contributed by atoms with E-state index in [1.54, 1.807) is 0 Å². The van der Waals surface area contributed by atoms with Crippen molar-refractivity contribution in [2.24, 2.45) is 0 Å². The summed E-state index contributed by atoms with van der Waals surface area (Å²) in [6, 6.07) is 47.3. The third kappa shape index (κ3) is 3.67. The van der Waals surface area contributed by atoms with Gasteiger partial charge in [-0.15, -0.1) is 0 Å². The Bertz CT molecular complexity index is 3080. The van der Waals surface area contributed by atoms with E-state index in [9.17, 15) is 0 Å². The normalized spacial score (nSPS) is 15.1. The van der Waals surface area contributed by atoms with E-state index in [1.165, 1.54) is 10.8 Å². The molecule has 0 radical (unpaired) electrons. The molecule has 6 aromatic carbocycles. The number of benzene rings is 6. The van der Waals surface area contributed by atoms with Crippen molar-refractivity contribution in [3.8, 4) is 22.9 Å². The number of nitrogens with zero attached hydrogens (tertiary/aromatic N) is 6. The quantitative estimate of drug-likeness (QED) is 0.171. The molecule has 11 rings (SSSR count). The number of imidazole rings is 4. The van der Waals surface area contributed by atoms with Crippen molar-refractivity contribution in [3.63, 3.8) is 0 Å². The predicted octanol–water partition coefficient (Wildman–Crippen LogP) is 9.71. The highest BCUT2D eigenvalue weighted by Crippen LogP contribution is 2.46. The topological polar surface area (TPSA) is 53.7 Å². The van der Waals surface area contributed by atoms with Crippen molar-refractivity contribution >= 4 is 68.9 Å². The molecule has 0 fully saturated rings. The fourth-order valence-electron chi connectivity index (χ4n) is 8.49. The summed E-state index contributed by atoms with van der Waals surface area (Å²) in [5.41, 5.74) is 12.0. The Morgan fingerprint density at radius 3 is 1.55 bits per heavy atom. The van der Waals surface area contributed by atoms with Gasteiger partial charge >= 0.3 is 0 Å². The van der Waals surface area contributed by atoms with Crippen molar-refractivity contribution in [2.75, 3.05) is 0 Å². The molecule has 0 atom stereocenters. The van der Waals surface area contributed by atoms with E-state index in [1.807, 2.05) is 6.07 Å². The molecule has 8 heteroatoms. The summed E-state index contributed by atoms with van der Waals surface area (Å²) in [6.45, 7) is 9.76. The smallest absolute Gasteiger partial charge is 0.220 e. The maximum absolute atomic E-state index is 7.05. The monoisotopic (exact) mass is 678 g/mol. The number of para-hydroxylation sites is 8. The molecule has 7 nitrogen and oxygen atoms in total. The van der Waals surface area contributed by atoms with Crippen LogP contribution in [0.2, 0.25) is 13.1 Å². The van der Waals surface area contributed by atoms with Crippen LogP contribution in [0.3, 0.4) is 0 Å². The predicted molar refractivity (Wildman–Crippen MR) is 209 cm³/mol. The molecule has 10 aromatic rings. The number of hydrogen-bond donors (Lipinski definition) is 0. The molecular weight excluding hydrogens is 645 g/mol. The van der Waals surface area contributed by atoms with Crippen LogP contribution in [0.4, 0.5) is 0 Å². The van der Waals surface area contributed by atoms with Crippen molar-refractivity contribution in [3.05, 3.63) is 139 Å². The second-order valence-corrected chi connectivity index (χ2v) is 19.9. The molecule has 0 N–H and O–H groups in total. The Kier molecular flexibility index (Phi) is 5.49. The molecule has 5 heterocycles. The first-order valence-corrected chi connectivity index (χ1v) is 20.5. The summed E-state index contributed by atoms with van der Waals surface area (Å²) in [5, 5.41) is 1.15. The van der Waals surface area contributed by atoms with Gasteiger partial charge in [-0.25, -0.2) is 9.97 Å². The summed E-state index contributed by atoms with van der Waals surface area (Å²) in [5.74, 6) is 3.62. The standard InChI is InChI=1S/C43H34N6OSi/c1-43(2)29-23-21-27(46-34-17-9-11-19-36(34)48-32-15-7-5-13-30(32)44-41(46)48)25-39(29)50-38-24-22-28(26-40(38)51(43,3)4)47-35-18-10-12-20-37(35)49-33-16-8-6-14-31(33)45-42(47)49/h5-26H,1-4H3. The van der Waals surface area contributed by atoms with E-state index in [-0.39, 0.29) is 5.04 Å². The fourth-order valence-corrected chi connectivity index (χ4v) is 11.3. The lowest BCUT2D eigenvalue weighted by atomic mass is 10.00. The average Bonchev–Trinajstić information content (AvgIpc) is 3.87. The van der Waals surface area contributed by atoms with Crippen LogP contribution in [0, 0.1) is 0 Å². The Labute approximate surface area is 294 Å². The zero-order valence-electron chi connectivity index (χ0n) is 28.8. The van der Waals surface area contributed by atoms with Crippen LogP contribution in [-0.2, 0) is 5.04 Å². The van der Waals surface area contributed by atoms with Crippen LogP contribution in [0.15, 0.2) is 133 Å². The van der Waals surface area contributed by atoms with Gasteiger partial charge in [-0.3, -0.25) is 17.9 Å². The van der Waals surface area contributed by atoms with Gasteiger partial charge in [0.15, 0.2) is 0 Å². The van der Waals surface area contributed by atoms with Gasteiger partial charge in [-0.05, 0) is 88.6 Å². The zero-order chi connectivity index (χ0) is 34.2. The molecule has 0 saturated heterocycles. The number of rotatable bonds is 2. The second-order valence-electron chi connectivity index (χ2n) is 14.8. The summed E-state index contributed by atoms with van der Waals surface area (Å²) < 4.78 is 16.2. The van der Waals surface area contributed by atoms with Gasteiger partial charge in [0.25, 0.3) is 0 Å². The van der Waals surface area contributed by atoms with Gasteiger partial charge < -0.3 is 4.74 Å². The Morgan fingerprint density at radius 1 is 0.510 bits per heavy atom. The number of ether oxygens (including phenoxy) is 1. The second kappa shape index (κ2) is 9.77. The van der Waals surface area contributed by atoms with E-state index in [0.29, 0.717) is 0 Å². The Balaban J connectivity index is 1.11. The lowest BCUT2D eigenvalue weighted by Crippen LogP contribution is -2.56. The van der Waals surface area contributed by atoms with Gasteiger partial charge in [0.2, 0.25) is 11.6 Å². The number of hydrogen-bond acceptors (Lipinski definition) is 3. The zero-order valence-corrected chi connectivity index (χ0v) is 29.8. The molecule has 1 aliphatic heterocycles. The molecule has 0 amide bonds. The molecular formula is C43H34N6OSi. The molecule has 0 bridgehead atoms. The number of fused-ring (bicyclic) bond motifs is 12. The minimum Gasteiger partial charge on any atom is -0.457 e. The van der Waals surface area contributed by atoms with Gasteiger partial charge in [-0.1, -0.05) is 81.5 Å². The summed E-state index contributed by atoms with van der Waals surface area (Å²) >= 11 is 0. The summed E-state index contributed by atoms with van der Waals surface area (Å²) in [6.07, 6.45) is 0. The Morgan fingerprint density at radius 2 is 0.980 bits per heavy atom.